The monoisotopic (exact) mass is 353 g/mol. The number of anilines is 2. The molecule has 0 spiro atoms. The summed E-state index contributed by atoms with van der Waals surface area (Å²) < 4.78 is 5.10. The van der Waals surface area contributed by atoms with Gasteiger partial charge in [-0.3, -0.25) is 4.79 Å². The quantitative estimate of drug-likeness (QED) is 0.417. The second-order valence-corrected chi connectivity index (χ2v) is 6.57. The van der Waals surface area contributed by atoms with E-state index in [2.05, 4.69) is 10.6 Å². The van der Waals surface area contributed by atoms with Gasteiger partial charge in [0, 0.05) is 19.5 Å². The van der Waals surface area contributed by atoms with Crippen LogP contribution >= 0.6 is 0 Å². The fourth-order valence-corrected chi connectivity index (χ4v) is 2.68. The summed E-state index contributed by atoms with van der Waals surface area (Å²) >= 11 is 0. The van der Waals surface area contributed by atoms with Crippen molar-refractivity contribution in [2.24, 2.45) is 5.92 Å². The molecule has 1 heterocycles. The van der Waals surface area contributed by atoms with Crippen LogP contribution in [0.1, 0.15) is 11.1 Å². The number of para-hydroxylation sites is 2. The topological polar surface area (TPSA) is 93.4 Å². The summed E-state index contributed by atoms with van der Waals surface area (Å²) in [6.45, 7) is 3.10. The Morgan fingerprint density at radius 3 is 2.50 bits per heavy atom. The van der Waals surface area contributed by atoms with E-state index in [-0.39, 0.29) is 5.92 Å². The molecule has 1 saturated heterocycles. The van der Waals surface area contributed by atoms with Gasteiger partial charge in [0.1, 0.15) is 6.04 Å². The number of carbonyl (C=O) groups excluding carboxylic acids is 2. The molecule has 0 unspecified atom stereocenters. The van der Waals surface area contributed by atoms with Crippen molar-refractivity contribution < 1.29 is 14.3 Å². The highest BCUT2D eigenvalue weighted by Crippen LogP contribution is 2.20. The number of benzene rings is 2. The summed E-state index contributed by atoms with van der Waals surface area (Å²) in [5.41, 5.74) is 9.25. The minimum absolute atomic E-state index is 0.249. The van der Waals surface area contributed by atoms with Crippen LogP contribution in [0.5, 0.6) is 0 Å². The number of rotatable bonds is 6. The summed E-state index contributed by atoms with van der Waals surface area (Å²) in [6.07, 6.45) is 0.393. The van der Waals surface area contributed by atoms with Crippen molar-refractivity contribution in [2.45, 2.75) is 19.4 Å². The maximum absolute atomic E-state index is 12.6. The Hall–Kier alpha value is -2.86. The van der Waals surface area contributed by atoms with E-state index in [0.29, 0.717) is 30.9 Å². The van der Waals surface area contributed by atoms with Gasteiger partial charge in [-0.05, 0) is 24.6 Å². The van der Waals surface area contributed by atoms with E-state index in [1.54, 1.807) is 12.1 Å². The lowest BCUT2D eigenvalue weighted by Gasteiger charge is -2.26. The van der Waals surface area contributed by atoms with Crippen molar-refractivity contribution in [2.75, 3.05) is 24.1 Å². The highest BCUT2D eigenvalue weighted by atomic mass is 16.6. The van der Waals surface area contributed by atoms with Crippen LogP contribution in [0.3, 0.4) is 0 Å². The van der Waals surface area contributed by atoms with Gasteiger partial charge < -0.3 is 21.1 Å². The molecule has 2 aromatic rings. The molecule has 6 nitrogen and oxygen atoms in total. The summed E-state index contributed by atoms with van der Waals surface area (Å²) in [7, 11) is 0. The van der Waals surface area contributed by atoms with Gasteiger partial charge in [0.05, 0.1) is 17.3 Å². The van der Waals surface area contributed by atoms with Gasteiger partial charge in [-0.1, -0.05) is 42.0 Å². The zero-order valence-electron chi connectivity index (χ0n) is 14.7. The summed E-state index contributed by atoms with van der Waals surface area (Å²) in [5, 5.41) is 6.12. The average molecular weight is 353 g/mol. The molecule has 1 aliphatic heterocycles. The molecule has 6 heteroatoms. The standard InChI is InChI=1S/C20H23N3O3/c1-13-6-8-14(9-7-13)10-18(23-17-5-3-2-4-16(17)21)20(25)26-19(24)15-11-22-12-15/h2-9,15,18,22-23H,10-12,21H2,1H3/t18-/m0/s1. The summed E-state index contributed by atoms with van der Waals surface area (Å²) in [6, 6.07) is 14.4. The van der Waals surface area contributed by atoms with Crippen LogP contribution in [0, 0.1) is 12.8 Å². The van der Waals surface area contributed by atoms with Crippen LogP contribution in [0.2, 0.25) is 0 Å². The maximum atomic E-state index is 12.6. The maximum Gasteiger partial charge on any atom is 0.336 e. The predicted molar refractivity (Wildman–Crippen MR) is 101 cm³/mol. The van der Waals surface area contributed by atoms with Crippen LogP contribution < -0.4 is 16.4 Å². The molecular formula is C20H23N3O3. The molecule has 0 bridgehead atoms. The Kier molecular flexibility index (Phi) is 5.53. The van der Waals surface area contributed by atoms with Gasteiger partial charge >= 0.3 is 11.9 Å². The largest absolute Gasteiger partial charge is 0.397 e. The van der Waals surface area contributed by atoms with E-state index >= 15 is 0 Å². The minimum Gasteiger partial charge on any atom is -0.397 e. The van der Waals surface area contributed by atoms with Crippen LogP contribution in [-0.4, -0.2) is 31.1 Å². The predicted octanol–water partition coefficient (Wildman–Crippen LogP) is 1.89. The van der Waals surface area contributed by atoms with Gasteiger partial charge in [-0.15, -0.1) is 0 Å². The number of carbonyl (C=O) groups is 2. The molecule has 3 rings (SSSR count). The number of nitrogens with two attached hydrogens (primary N) is 1. The van der Waals surface area contributed by atoms with E-state index in [1.807, 2.05) is 43.3 Å². The molecule has 1 fully saturated rings. The van der Waals surface area contributed by atoms with Crippen LogP contribution in [0.25, 0.3) is 0 Å². The Labute approximate surface area is 152 Å². The van der Waals surface area contributed by atoms with Crippen molar-refractivity contribution in [1.29, 1.82) is 0 Å². The van der Waals surface area contributed by atoms with Crippen LogP contribution in [0.15, 0.2) is 48.5 Å². The number of esters is 2. The molecule has 26 heavy (non-hydrogen) atoms. The molecule has 2 aromatic carbocycles. The average Bonchev–Trinajstić information content (AvgIpc) is 2.56. The van der Waals surface area contributed by atoms with Crippen LogP contribution in [-0.2, 0) is 20.7 Å². The molecule has 136 valence electrons. The van der Waals surface area contributed by atoms with Gasteiger partial charge in [-0.2, -0.15) is 0 Å². The van der Waals surface area contributed by atoms with Gasteiger partial charge in [0.15, 0.2) is 0 Å². The Balaban J connectivity index is 1.75. The van der Waals surface area contributed by atoms with E-state index in [0.717, 1.165) is 11.1 Å². The van der Waals surface area contributed by atoms with E-state index in [9.17, 15) is 9.59 Å². The lowest BCUT2D eigenvalue weighted by Crippen LogP contribution is -2.48. The Bertz CT molecular complexity index is 785. The number of ether oxygens (including phenoxy) is 1. The lowest BCUT2D eigenvalue weighted by molar-refractivity contribution is -0.164. The highest BCUT2D eigenvalue weighted by molar-refractivity contribution is 5.92. The minimum atomic E-state index is -0.709. The molecule has 0 saturated carbocycles. The summed E-state index contributed by atoms with van der Waals surface area (Å²) in [5.74, 6) is -1.32. The fourth-order valence-electron chi connectivity index (χ4n) is 2.68. The van der Waals surface area contributed by atoms with Crippen molar-refractivity contribution in [3.63, 3.8) is 0 Å². The normalized spacial score (nSPS) is 15.0. The molecule has 0 aromatic heterocycles. The van der Waals surface area contributed by atoms with Gasteiger partial charge in [-0.25, -0.2) is 4.79 Å². The second-order valence-electron chi connectivity index (χ2n) is 6.57. The molecule has 1 atom stereocenters. The molecule has 0 radical (unpaired) electrons. The number of nitrogen functional groups attached to an aromatic ring is 1. The SMILES string of the molecule is Cc1ccc(C[C@H](Nc2ccccc2N)C(=O)OC(=O)C2CNC2)cc1. The highest BCUT2D eigenvalue weighted by Gasteiger charge is 2.31. The van der Waals surface area contributed by atoms with E-state index < -0.39 is 18.0 Å². The third kappa shape index (κ3) is 4.40. The second kappa shape index (κ2) is 8.01. The van der Waals surface area contributed by atoms with Crippen molar-refractivity contribution >= 4 is 23.3 Å². The number of hydrogen-bond acceptors (Lipinski definition) is 6. The first kappa shape index (κ1) is 17.9. The molecule has 0 amide bonds. The first-order chi connectivity index (χ1) is 12.5. The third-order valence-corrected chi connectivity index (χ3v) is 4.45. The third-order valence-electron chi connectivity index (χ3n) is 4.45. The van der Waals surface area contributed by atoms with Crippen molar-refractivity contribution in [3.8, 4) is 0 Å². The van der Waals surface area contributed by atoms with Crippen LogP contribution in [0.4, 0.5) is 11.4 Å². The molecule has 0 aliphatic carbocycles. The van der Waals surface area contributed by atoms with Gasteiger partial charge in [0.2, 0.25) is 0 Å². The molecule has 1 aliphatic rings. The molecule has 4 N–H and O–H groups in total. The van der Waals surface area contributed by atoms with E-state index in [4.69, 9.17) is 10.5 Å². The number of aryl methyl sites for hydroxylation is 1. The van der Waals surface area contributed by atoms with E-state index in [1.165, 1.54) is 0 Å². The smallest absolute Gasteiger partial charge is 0.336 e. The first-order valence-electron chi connectivity index (χ1n) is 8.66. The van der Waals surface area contributed by atoms with Gasteiger partial charge in [0.25, 0.3) is 0 Å². The number of hydrogen-bond donors (Lipinski definition) is 3. The zero-order chi connectivity index (χ0) is 18.5. The Morgan fingerprint density at radius 2 is 1.88 bits per heavy atom. The van der Waals surface area contributed by atoms with Crippen molar-refractivity contribution in [3.05, 3.63) is 59.7 Å². The molecular weight excluding hydrogens is 330 g/mol. The summed E-state index contributed by atoms with van der Waals surface area (Å²) in [4.78, 5) is 24.6. The zero-order valence-corrected chi connectivity index (χ0v) is 14.7. The Morgan fingerprint density at radius 1 is 1.19 bits per heavy atom. The first-order valence-corrected chi connectivity index (χ1v) is 8.66. The fraction of sp³-hybridized carbons (Fsp3) is 0.300. The van der Waals surface area contributed by atoms with Crippen molar-refractivity contribution in [1.82, 2.24) is 5.32 Å². The number of nitrogens with one attached hydrogen (secondary N) is 2. The lowest BCUT2D eigenvalue weighted by atomic mass is 10.0.